The Morgan fingerprint density at radius 1 is 1.43 bits per heavy atom. The van der Waals surface area contributed by atoms with E-state index in [0.29, 0.717) is 12.2 Å². The van der Waals surface area contributed by atoms with Crippen LogP contribution in [-0.2, 0) is 6.42 Å². The van der Waals surface area contributed by atoms with Gasteiger partial charge in [0.05, 0.1) is 13.2 Å². The molecule has 0 aliphatic heterocycles. The van der Waals surface area contributed by atoms with E-state index >= 15 is 0 Å². The molecule has 0 radical (unpaired) electrons. The molecule has 1 aromatic carbocycles. The van der Waals surface area contributed by atoms with Gasteiger partial charge in [0.1, 0.15) is 0 Å². The largest absolute Gasteiger partial charge is 0.504 e. The SMILES string of the molecule is COc1c(CC(C)O)ccc(C)c1O. The van der Waals surface area contributed by atoms with Crippen molar-refractivity contribution in [1.82, 2.24) is 0 Å². The van der Waals surface area contributed by atoms with Crippen LogP contribution in [0.15, 0.2) is 12.1 Å². The molecule has 0 fully saturated rings. The van der Waals surface area contributed by atoms with E-state index in [9.17, 15) is 10.2 Å². The third-order valence-electron chi connectivity index (χ3n) is 2.13. The van der Waals surface area contributed by atoms with E-state index in [4.69, 9.17) is 4.74 Å². The summed E-state index contributed by atoms with van der Waals surface area (Å²) >= 11 is 0. The maximum absolute atomic E-state index is 9.68. The minimum atomic E-state index is -0.439. The third-order valence-corrected chi connectivity index (χ3v) is 2.13. The van der Waals surface area contributed by atoms with E-state index in [1.54, 1.807) is 6.92 Å². The van der Waals surface area contributed by atoms with Crippen molar-refractivity contribution >= 4 is 0 Å². The predicted molar refractivity (Wildman–Crippen MR) is 54.8 cm³/mol. The van der Waals surface area contributed by atoms with Gasteiger partial charge in [-0.2, -0.15) is 0 Å². The van der Waals surface area contributed by atoms with Crippen molar-refractivity contribution in [1.29, 1.82) is 0 Å². The molecule has 0 heterocycles. The van der Waals surface area contributed by atoms with Crippen LogP contribution in [-0.4, -0.2) is 23.4 Å². The molecular formula is C11H16O3. The van der Waals surface area contributed by atoms with Gasteiger partial charge in [-0.1, -0.05) is 12.1 Å². The van der Waals surface area contributed by atoms with Crippen LogP contribution in [0.5, 0.6) is 11.5 Å². The Morgan fingerprint density at radius 3 is 2.57 bits per heavy atom. The highest BCUT2D eigenvalue weighted by atomic mass is 16.5. The molecular weight excluding hydrogens is 180 g/mol. The Hall–Kier alpha value is -1.22. The summed E-state index contributed by atoms with van der Waals surface area (Å²) < 4.78 is 5.10. The zero-order chi connectivity index (χ0) is 10.7. The maximum atomic E-state index is 9.68. The standard InChI is InChI=1S/C11H16O3/c1-7-4-5-9(6-8(2)12)11(14-3)10(7)13/h4-5,8,12-13H,6H2,1-3H3. The predicted octanol–water partition coefficient (Wildman–Crippen LogP) is 1.63. The molecule has 1 aromatic rings. The number of phenolic OH excluding ortho intramolecular Hbond substituents is 1. The second-order valence-corrected chi connectivity index (χ2v) is 3.48. The van der Waals surface area contributed by atoms with Gasteiger partial charge in [0.25, 0.3) is 0 Å². The number of aromatic hydroxyl groups is 1. The summed E-state index contributed by atoms with van der Waals surface area (Å²) in [6.45, 7) is 3.51. The molecule has 0 saturated heterocycles. The van der Waals surface area contributed by atoms with Gasteiger partial charge in [0, 0.05) is 12.0 Å². The highest BCUT2D eigenvalue weighted by Gasteiger charge is 2.12. The van der Waals surface area contributed by atoms with Gasteiger partial charge < -0.3 is 14.9 Å². The molecule has 0 aliphatic rings. The van der Waals surface area contributed by atoms with Crippen LogP contribution < -0.4 is 4.74 Å². The number of methoxy groups -OCH3 is 1. The molecule has 3 heteroatoms. The van der Waals surface area contributed by atoms with Gasteiger partial charge in [-0.25, -0.2) is 0 Å². The van der Waals surface area contributed by atoms with E-state index in [1.807, 2.05) is 19.1 Å². The zero-order valence-corrected chi connectivity index (χ0v) is 8.74. The van der Waals surface area contributed by atoms with Crippen molar-refractivity contribution in [3.05, 3.63) is 23.3 Å². The molecule has 0 aliphatic carbocycles. The number of phenols is 1. The first-order valence-corrected chi connectivity index (χ1v) is 4.59. The fourth-order valence-electron chi connectivity index (χ4n) is 1.42. The van der Waals surface area contributed by atoms with E-state index in [-0.39, 0.29) is 5.75 Å². The Labute approximate surface area is 84.0 Å². The minimum Gasteiger partial charge on any atom is -0.504 e. The van der Waals surface area contributed by atoms with Crippen molar-refractivity contribution in [2.24, 2.45) is 0 Å². The summed E-state index contributed by atoms with van der Waals surface area (Å²) in [6, 6.07) is 3.68. The van der Waals surface area contributed by atoms with Gasteiger partial charge in [-0.3, -0.25) is 0 Å². The Balaban J connectivity index is 3.10. The van der Waals surface area contributed by atoms with Crippen LogP contribution in [0.3, 0.4) is 0 Å². The van der Waals surface area contributed by atoms with Crippen LogP contribution in [0.4, 0.5) is 0 Å². The lowest BCUT2D eigenvalue weighted by Crippen LogP contribution is -2.06. The Kier molecular flexibility index (Phi) is 3.36. The van der Waals surface area contributed by atoms with Crippen molar-refractivity contribution in [3.63, 3.8) is 0 Å². The summed E-state index contributed by atoms with van der Waals surface area (Å²) in [6.07, 6.45) is 0.0443. The van der Waals surface area contributed by atoms with Gasteiger partial charge in [0.2, 0.25) is 0 Å². The van der Waals surface area contributed by atoms with Gasteiger partial charge >= 0.3 is 0 Å². The molecule has 14 heavy (non-hydrogen) atoms. The fourth-order valence-corrected chi connectivity index (χ4v) is 1.42. The van der Waals surface area contributed by atoms with E-state index in [0.717, 1.165) is 11.1 Å². The molecule has 0 bridgehead atoms. The van der Waals surface area contributed by atoms with E-state index in [1.165, 1.54) is 7.11 Å². The lowest BCUT2D eigenvalue weighted by molar-refractivity contribution is 0.194. The normalized spacial score (nSPS) is 12.6. The van der Waals surface area contributed by atoms with Crippen LogP contribution in [0, 0.1) is 6.92 Å². The number of rotatable bonds is 3. The van der Waals surface area contributed by atoms with Gasteiger partial charge in [-0.05, 0) is 19.4 Å². The average Bonchev–Trinajstić information content (AvgIpc) is 2.11. The summed E-state index contributed by atoms with van der Waals surface area (Å²) in [5.74, 6) is 0.622. The lowest BCUT2D eigenvalue weighted by atomic mass is 10.0. The monoisotopic (exact) mass is 196 g/mol. The van der Waals surface area contributed by atoms with Crippen molar-refractivity contribution < 1.29 is 14.9 Å². The molecule has 2 N–H and O–H groups in total. The minimum absolute atomic E-state index is 0.158. The van der Waals surface area contributed by atoms with Crippen molar-refractivity contribution in [2.75, 3.05) is 7.11 Å². The average molecular weight is 196 g/mol. The van der Waals surface area contributed by atoms with E-state index in [2.05, 4.69) is 0 Å². The number of hydrogen-bond acceptors (Lipinski definition) is 3. The first-order valence-electron chi connectivity index (χ1n) is 4.59. The van der Waals surface area contributed by atoms with Gasteiger partial charge in [0.15, 0.2) is 11.5 Å². The highest BCUT2D eigenvalue weighted by molar-refractivity contribution is 5.50. The number of aliphatic hydroxyl groups is 1. The zero-order valence-electron chi connectivity index (χ0n) is 8.74. The van der Waals surface area contributed by atoms with Crippen molar-refractivity contribution in [3.8, 4) is 11.5 Å². The summed E-state index contributed by atoms with van der Waals surface area (Å²) in [4.78, 5) is 0. The van der Waals surface area contributed by atoms with Crippen LogP contribution in [0.1, 0.15) is 18.1 Å². The number of hydrogen-bond donors (Lipinski definition) is 2. The molecule has 0 spiro atoms. The molecule has 1 unspecified atom stereocenters. The number of benzene rings is 1. The first-order chi connectivity index (χ1) is 6.56. The fraction of sp³-hybridized carbons (Fsp3) is 0.455. The smallest absolute Gasteiger partial charge is 0.164 e. The molecule has 1 rings (SSSR count). The summed E-state index contributed by atoms with van der Waals surface area (Å²) in [5, 5.41) is 18.9. The number of aliphatic hydroxyl groups excluding tert-OH is 1. The molecule has 0 aromatic heterocycles. The van der Waals surface area contributed by atoms with Crippen LogP contribution >= 0.6 is 0 Å². The topological polar surface area (TPSA) is 49.7 Å². The molecule has 1 atom stereocenters. The second-order valence-electron chi connectivity index (χ2n) is 3.48. The molecule has 0 amide bonds. The quantitative estimate of drug-likeness (QED) is 0.772. The first kappa shape index (κ1) is 10.9. The molecule has 0 saturated carbocycles. The molecule has 3 nitrogen and oxygen atoms in total. The Bertz CT molecular complexity index is 319. The second kappa shape index (κ2) is 4.33. The third kappa shape index (κ3) is 2.17. The van der Waals surface area contributed by atoms with Crippen molar-refractivity contribution in [2.45, 2.75) is 26.4 Å². The lowest BCUT2D eigenvalue weighted by Gasteiger charge is -2.13. The Morgan fingerprint density at radius 2 is 2.07 bits per heavy atom. The summed E-state index contributed by atoms with van der Waals surface area (Å²) in [5.41, 5.74) is 1.60. The summed E-state index contributed by atoms with van der Waals surface area (Å²) in [7, 11) is 1.51. The van der Waals surface area contributed by atoms with E-state index < -0.39 is 6.10 Å². The van der Waals surface area contributed by atoms with Crippen LogP contribution in [0.2, 0.25) is 0 Å². The number of ether oxygens (including phenoxy) is 1. The molecule has 78 valence electrons. The number of aryl methyl sites for hydroxylation is 1. The highest BCUT2D eigenvalue weighted by Crippen LogP contribution is 2.33. The van der Waals surface area contributed by atoms with Gasteiger partial charge in [-0.15, -0.1) is 0 Å². The maximum Gasteiger partial charge on any atom is 0.164 e. The van der Waals surface area contributed by atoms with Crippen LogP contribution in [0.25, 0.3) is 0 Å².